The average molecular weight is 471 g/mol. The van der Waals surface area contributed by atoms with Gasteiger partial charge in [0.15, 0.2) is 11.6 Å². The van der Waals surface area contributed by atoms with Crippen LogP contribution in [-0.4, -0.2) is 22.5 Å². The molecular formula is C29H40F2OSi. The minimum Gasteiger partial charge on any atom is -0.385 e. The maximum Gasteiger partial charge on any atom is 0.159 e. The molecule has 1 heterocycles. The Balaban J connectivity index is 1.18. The van der Waals surface area contributed by atoms with E-state index < -0.39 is 20.4 Å². The topological polar surface area (TPSA) is 9.23 Å². The van der Waals surface area contributed by atoms with Gasteiger partial charge < -0.3 is 4.74 Å². The predicted octanol–water partition coefficient (Wildman–Crippen LogP) is 8.36. The van der Waals surface area contributed by atoms with Crippen LogP contribution in [-0.2, 0) is 4.74 Å². The summed E-state index contributed by atoms with van der Waals surface area (Å²) in [4.78, 5) is 0. The molecule has 0 radical (unpaired) electrons. The van der Waals surface area contributed by atoms with Gasteiger partial charge in [0.2, 0.25) is 0 Å². The van der Waals surface area contributed by atoms with Crippen LogP contribution in [0.1, 0.15) is 69.3 Å². The summed E-state index contributed by atoms with van der Waals surface area (Å²) < 4.78 is 32.0. The summed E-state index contributed by atoms with van der Waals surface area (Å²) in [6, 6.07) is 17.3. The van der Waals surface area contributed by atoms with Gasteiger partial charge in [0.1, 0.15) is 0 Å². The lowest BCUT2D eigenvalue weighted by molar-refractivity contribution is 0.199. The van der Waals surface area contributed by atoms with Crippen molar-refractivity contribution in [3.63, 3.8) is 0 Å². The Morgan fingerprint density at radius 1 is 0.788 bits per heavy atom. The summed E-state index contributed by atoms with van der Waals surface area (Å²) in [5, 5.41) is 0. The molecule has 1 aliphatic carbocycles. The van der Waals surface area contributed by atoms with Gasteiger partial charge >= 0.3 is 0 Å². The first kappa shape index (κ1) is 24.6. The average Bonchev–Trinajstić information content (AvgIpc) is 2.86. The number of methoxy groups -OCH3 is 1. The number of halogens is 2. The van der Waals surface area contributed by atoms with Crippen molar-refractivity contribution in [1.29, 1.82) is 0 Å². The Morgan fingerprint density at radius 2 is 1.42 bits per heavy atom. The van der Waals surface area contributed by atoms with E-state index in [0.717, 1.165) is 29.6 Å². The van der Waals surface area contributed by atoms with E-state index in [1.807, 2.05) is 7.11 Å². The summed E-state index contributed by atoms with van der Waals surface area (Å²) in [7, 11) is 1.38. The second-order valence-electron chi connectivity index (χ2n) is 10.6. The molecule has 4 rings (SSSR count). The van der Waals surface area contributed by atoms with Crippen LogP contribution in [0, 0.1) is 23.5 Å². The van der Waals surface area contributed by atoms with E-state index in [9.17, 15) is 8.78 Å². The van der Waals surface area contributed by atoms with Crippen LogP contribution in [0.3, 0.4) is 0 Å². The standard InChI is InChI=1S/C29H40F2OSi/c1-32-17-2-18-33-19-15-23(16-20-33)4-3-22-5-7-24(8-6-22)25-9-11-26(12-10-25)27-13-14-28(30)29(31)21-27/h9-14,21-24,33H,2-8,15-20H2,1H3/t22?,23-,24?,33-. The van der Waals surface area contributed by atoms with Crippen LogP contribution in [0.4, 0.5) is 8.78 Å². The van der Waals surface area contributed by atoms with Crippen molar-refractivity contribution in [3.05, 3.63) is 59.7 Å². The molecule has 2 fully saturated rings. The van der Waals surface area contributed by atoms with E-state index in [1.54, 1.807) is 18.2 Å². The van der Waals surface area contributed by atoms with Crippen LogP contribution in [0.5, 0.6) is 0 Å². The van der Waals surface area contributed by atoms with Crippen molar-refractivity contribution in [2.24, 2.45) is 11.8 Å². The first-order valence-corrected chi connectivity index (χ1v) is 15.6. The van der Waals surface area contributed by atoms with Gasteiger partial charge in [-0.2, -0.15) is 0 Å². The molecule has 2 aromatic carbocycles. The van der Waals surface area contributed by atoms with E-state index in [-0.39, 0.29) is 0 Å². The molecule has 1 saturated carbocycles. The second kappa shape index (κ2) is 12.3. The molecule has 1 nitrogen and oxygen atoms in total. The van der Waals surface area contributed by atoms with E-state index in [4.69, 9.17) is 4.74 Å². The van der Waals surface area contributed by atoms with Gasteiger partial charge in [-0.3, -0.25) is 0 Å². The molecule has 0 spiro atoms. The summed E-state index contributed by atoms with van der Waals surface area (Å²) in [5.41, 5.74) is 3.08. The first-order valence-electron chi connectivity index (χ1n) is 13.2. The smallest absolute Gasteiger partial charge is 0.159 e. The molecule has 0 N–H and O–H groups in total. The lowest BCUT2D eigenvalue weighted by Gasteiger charge is -2.32. The molecule has 0 amide bonds. The zero-order valence-corrected chi connectivity index (χ0v) is 21.4. The van der Waals surface area contributed by atoms with Crippen LogP contribution in [0.2, 0.25) is 18.1 Å². The fourth-order valence-corrected chi connectivity index (χ4v) is 9.70. The Morgan fingerprint density at radius 3 is 2.06 bits per heavy atom. The van der Waals surface area contributed by atoms with Crippen LogP contribution >= 0.6 is 0 Å². The van der Waals surface area contributed by atoms with Crippen LogP contribution < -0.4 is 0 Å². The highest BCUT2D eigenvalue weighted by atomic mass is 28.3. The summed E-state index contributed by atoms with van der Waals surface area (Å²) in [6.45, 7) is 0.952. The highest BCUT2D eigenvalue weighted by molar-refractivity contribution is 6.58. The molecule has 33 heavy (non-hydrogen) atoms. The summed E-state index contributed by atoms with van der Waals surface area (Å²) in [6.07, 6.45) is 12.5. The normalized spacial score (nSPS) is 25.8. The molecule has 0 aromatic heterocycles. The number of hydrogen-bond acceptors (Lipinski definition) is 1. The van der Waals surface area contributed by atoms with Gasteiger partial charge in [0, 0.05) is 22.5 Å². The molecule has 2 aliphatic rings. The van der Waals surface area contributed by atoms with Gasteiger partial charge in [0.25, 0.3) is 0 Å². The Labute approximate surface area is 200 Å². The molecule has 1 saturated heterocycles. The highest BCUT2D eigenvalue weighted by Gasteiger charge is 2.25. The lowest BCUT2D eigenvalue weighted by atomic mass is 9.76. The summed E-state index contributed by atoms with van der Waals surface area (Å²) in [5.74, 6) is 0.984. The fourth-order valence-electron chi connectivity index (χ4n) is 6.20. The minimum absolute atomic E-state index is 0.443. The van der Waals surface area contributed by atoms with Gasteiger partial charge in [-0.1, -0.05) is 74.1 Å². The SMILES string of the molecule is COCCC[Si@H]1CC[C@H](CCC2CCC(c3ccc(-c4ccc(F)c(F)c4)cc3)CC2)CC1. The van der Waals surface area contributed by atoms with E-state index in [1.165, 1.54) is 81.5 Å². The van der Waals surface area contributed by atoms with Gasteiger partial charge in [0.05, 0.1) is 0 Å². The number of benzene rings is 2. The minimum atomic E-state index is -0.792. The Bertz CT molecular complexity index is 852. The van der Waals surface area contributed by atoms with E-state index in [2.05, 4.69) is 24.3 Å². The first-order chi connectivity index (χ1) is 16.1. The molecule has 180 valence electrons. The molecule has 0 bridgehead atoms. The Hall–Kier alpha value is -1.52. The van der Waals surface area contributed by atoms with E-state index >= 15 is 0 Å². The van der Waals surface area contributed by atoms with Crippen molar-refractivity contribution in [2.45, 2.75) is 81.8 Å². The van der Waals surface area contributed by atoms with Gasteiger partial charge in [-0.25, -0.2) is 8.78 Å². The maximum absolute atomic E-state index is 13.6. The lowest BCUT2D eigenvalue weighted by Crippen LogP contribution is -2.22. The largest absolute Gasteiger partial charge is 0.385 e. The number of hydrogen-bond donors (Lipinski definition) is 0. The van der Waals surface area contributed by atoms with Crippen molar-refractivity contribution in [2.75, 3.05) is 13.7 Å². The van der Waals surface area contributed by atoms with Crippen LogP contribution in [0.15, 0.2) is 42.5 Å². The number of rotatable bonds is 9. The number of ether oxygens (including phenoxy) is 1. The molecule has 4 heteroatoms. The third-order valence-electron chi connectivity index (χ3n) is 8.39. The van der Waals surface area contributed by atoms with Crippen molar-refractivity contribution in [1.82, 2.24) is 0 Å². The highest BCUT2D eigenvalue weighted by Crippen LogP contribution is 2.40. The quantitative estimate of drug-likeness (QED) is 0.264. The Kier molecular flexibility index (Phi) is 9.14. The van der Waals surface area contributed by atoms with Gasteiger partial charge in [-0.15, -0.1) is 0 Å². The fraction of sp³-hybridized carbons (Fsp3) is 0.586. The van der Waals surface area contributed by atoms with E-state index in [0.29, 0.717) is 5.92 Å². The third kappa shape index (κ3) is 6.99. The molecule has 0 atom stereocenters. The summed E-state index contributed by atoms with van der Waals surface area (Å²) >= 11 is 0. The maximum atomic E-state index is 13.6. The second-order valence-corrected chi connectivity index (χ2v) is 14.0. The molecule has 1 aliphatic heterocycles. The zero-order valence-electron chi connectivity index (χ0n) is 20.2. The molecule has 0 unspecified atom stereocenters. The predicted molar refractivity (Wildman–Crippen MR) is 137 cm³/mol. The van der Waals surface area contributed by atoms with Crippen molar-refractivity contribution >= 4 is 8.80 Å². The van der Waals surface area contributed by atoms with Crippen LogP contribution in [0.25, 0.3) is 11.1 Å². The van der Waals surface area contributed by atoms with Crippen molar-refractivity contribution < 1.29 is 13.5 Å². The van der Waals surface area contributed by atoms with Crippen molar-refractivity contribution in [3.8, 4) is 11.1 Å². The van der Waals surface area contributed by atoms with Gasteiger partial charge in [-0.05, 0) is 78.7 Å². The third-order valence-corrected chi connectivity index (χ3v) is 11.9. The molecular weight excluding hydrogens is 430 g/mol. The zero-order chi connectivity index (χ0) is 23.0. The molecule has 2 aromatic rings. The monoisotopic (exact) mass is 470 g/mol.